The van der Waals surface area contributed by atoms with Crippen LogP contribution in [0.1, 0.15) is 17.2 Å². The molecule has 5 nitrogen and oxygen atoms in total. The van der Waals surface area contributed by atoms with Gasteiger partial charge < -0.3 is 15.0 Å². The lowest BCUT2D eigenvalue weighted by Gasteiger charge is -2.33. The molecular formula is C20H21ClN2O3. The average Bonchev–Trinajstić information content (AvgIpc) is 2.69. The predicted octanol–water partition coefficient (Wildman–Crippen LogP) is 2.60. The number of morpholine rings is 1. The molecule has 1 N–H and O–H groups in total. The van der Waals surface area contributed by atoms with Gasteiger partial charge in [-0.3, -0.25) is 9.59 Å². The Bertz CT molecular complexity index is 749. The first-order chi connectivity index (χ1) is 12.6. The van der Waals surface area contributed by atoms with Crippen molar-refractivity contribution in [2.24, 2.45) is 0 Å². The zero-order valence-electron chi connectivity index (χ0n) is 14.4. The normalized spacial score (nSPS) is 17.0. The highest BCUT2D eigenvalue weighted by atomic mass is 35.5. The van der Waals surface area contributed by atoms with E-state index in [1.54, 1.807) is 29.2 Å². The summed E-state index contributed by atoms with van der Waals surface area (Å²) in [5.74, 6) is -0.285. The van der Waals surface area contributed by atoms with Gasteiger partial charge in [0.05, 0.1) is 26.1 Å². The molecule has 0 bridgehead atoms. The average molecular weight is 373 g/mol. The molecule has 1 unspecified atom stereocenters. The fraction of sp³-hybridized carbons (Fsp3) is 0.300. The van der Waals surface area contributed by atoms with E-state index in [4.69, 9.17) is 16.3 Å². The summed E-state index contributed by atoms with van der Waals surface area (Å²) < 4.78 is 5.77. The number of benzene rings is 2. The summed E-state index contributed by atoms with van der Waals surface area (Å²) in [4.78, 5) is 26.2. The molecular weight excluding hydrogens is 352 g/mol. The quantitative estimate of drug-likeness (QED) is 0.877. The molecule has 1 saturated heterocycles. The zero-order valence-corrected chi connectivity index (χ0v) is 15.1. The highest BCUT2D eigenvalue weighted by molar-refractivity contribution is 6.30. The third-order valence-corrected chi connectivity index (χ3v) is 4.56. The molecule has 136 valence electrons. The van der Waals surface area contributed by atoms with Crippen LogP contribution < -0.4 is 5.32 Å². The molecule has 2 amide bonds. The Balaban J connectivity index is 1.48. The van der Waals surface area contributed by atoms with Gasteiger partial charge in [0.25, 0.3) is 0 Å². The van der Waals surface area contributed by atoms with Crippen molar-refractivity contribution >= 4 is 23.4 Å². The molecule has 2 aromatic carbocycles. The van der Waals surface area contributed by atoms with Gasteiger partial charge in [0, 0.05) is 11.6 Å². The van der Waals surface area contributed by atoms with Gasteiger partial charge in [0.2, 0.25) is 11.8 Å². The largest absolute Gasteiger partial charge is 0.370 e. The van der Waals surface area contributed by atoms with Gasteiger partial charge in [0.15, 0.2) is 0 Å². The number of carbonyl (C=O) groups excluding carboxylic acids is 2. The van der Waals surface area contributed by atoms with Crippen LogP contribution in [0.5, 0.6) is 0 Å². The highest BCUT2D eigenvalue weighted by Gasteiger charge is 2.25. The summed E-state index contributed by atoms with van der Waals surface area (Å²) in [6.07, 6.45) is 0.0962. The van der Waals surface area contributed by atoms with Crippen LogP contribution in [-0.4, -0.2) is 43.0 Å². The predicted molar refractivity (Wildman–Crippen MR) is 99.9 cm³/mol. The number of carbonyl (C=O) groups is 2. The Morgan fingerprint density at radius 1 is 1.12 bits per heavy atom. The lowest BCUT2D eigenvalue weighted by molar-refractivity contribution is -0.139. The summed E-state index contributed by atoms with van der Waals surface area (Å²) in [7, 11) is 0. The maximum atomic E-state index is 12.4. The Labute approximate surface area is 157 Å². The van der Waals surface area contributed by atoms with Crippen molar-refractivity contribution in [1.29, 1.82) is 0 Å². The topological polar surface area (TPSA) is 58.6 Å². The maximum Gasteiger partial charge on any atom is 0.242 e. The Kier molecular flexibility index (Phi) is 6.26. The molecule has 26 heavy (non-hydrogen) atoms. The van der Waals surface area contributed by atoms with Gasteiger partial charge in [0.1, 0.15) is 6.10 Å². The minimum Gasteiger partial charge on any atom is -0.370 e. The summed E-state index contributed by atoms with van der Waals surface area (Å²) in [6, 6.07) is 16.9. The summed E-state index contributed by atoms with van der Waals surface area (Å²) >= 11 is 5.83. The van der Waals surface area contributed by atoms with Crippen LogP contribution in [0.3, 0.4) is 0 Å². The van der Waals surface area contributed by atoms with Crippen molar-refractivity contribution in [2.45, 2.75) is 12.5 Å². The third kappa shape index (κ3) is 5.07. The van der Waals surface area contributed by atoms with Crippen molar-refractivity contribution in [1.82, 2.24) is 10.2 Å². The molecule has 0 saturated carbocycles. The van der Waals surface area contributed by atoms with Crippen molar-refractivity contribution < 1.29 is 14.3 Å². The van der Waals surface area contributed by atoms with Crippen LogP contribution >= 0.6 is 11.6 Å². The number of hydrogen-bond acceptors (Lipinski definition) is 3. The third-order valence-electron chi connectivity index (χ3n) is 4.31. The number of ether oxygens (including phenoxy) is 1. The van der Waals surface area contributed by atoms with Gasteiger partial charge >= 0.3 is 0 Å². The number of halogens is 1. The second-order valence-corrected chi connectivity index (χ2v) is 6.63. The second-order valence-electron chi connectivity index (χ2n) is 6.19. The SMILES string of the molecule is O=C(Cc1ccc(Cl)cc1)NCC(=O)N1CCOC(c2ccccc2)C1. The zero-order chi connectivity index (χ0) is 18.4. The molecule has 2 aromatic rings. The molecule has 1 aliphatic rings. The lowest BCUT2D eigenvalue weighted by atomic mass is 10.1. The standard InChI is InChI=1S/C20H21ClN2O3/c21-17-8-6-15(7-9-17)12-19(24)22-13-20(25)23-10-11-26-18(14-23)16-4-2-1-3-5-16/h1-9,18H,10-14H2,(H,22,24). The molecule has 1 aliphatic heterocycles. The van der Waals surface area contributed by atoms with Crippen molar-refractivity contribution in [3.8, 4) is 0 Å². The van der Waals surface area contributed by atoms with E-state index in [0.717, 1.165) is 11.1 Å². The number of amides is 2. The Morgan fingerprint density at radius 2 is 1.85 bits per heavy atom. The summed E-state index contributed by atoms with van der Waals surface area (Å²) in [5, 5.41) is 3.32. The molecule has 1 fully saturated rings. The van der Waals surface area contributed by atoms with Crippen molar-refractivity contribution in [2.75, 3.05) is 26.2 Å². The number of rotatable bonds is 5. The van der Waals surface area contributed by atoms with E-state index < -0.39 is 0 Å². The number of hydrogen-bond donors (Lipinski definition) is 1. The summed E-state index contributed by atoms with van der Waals surface area (Å²) in [5.41, 5.74) is 1.91. The smallest absolute Gasteiger partial charge is 0.242 e. The van der Waals surface area contributed by atoms with Crippen molar-refractivity contribution in [3.63, 3.8) is 0 Å². The molecule has 3 rings (SSSR count). The Morgan fingerprint density at radius 3 is 2.58 bits per heavy atom. The van der Waals surface area contributed by atoms with Crippen LogP contribution in [0.25, 0.3) is 0 Å². The van der Waals surface area contributed by atoms with Crippen LogP contribution in [0.2, 0.25) is 5.02 Å². The van der Waals surface area contributed by atoms with E-state index in [-0.39, 0.29) is 30.9 Å². The van der Waals surface area contributed by atoms with Crippen LogP contribution in [0.4, 0.5) is 0 Å². The molecule has 1 atom stereocenters. The second kappa shape index (κ2) is 8.83. The van der Waals surface area contributed by atoms with Gasteiger partial charge in [-0.2, -0.15) is 0 Å². The van der Waals surface area contributed by atoms with E-state index in [2.05, 4.69) is 5.32 Å². The fourth-order valence-corrected chi connectivity index (χ4v) is 3.01. The maximum absolute atomic E-state index is 12.4. The molecule has 1 heterocycles. The monoisotopic (exact) mass is 372 g/mol. The Hall–Kier alpha value is -2.37. The lowest BCUT2D eigenvalue weighted by Crippen LogP contribution is -2.46. The van der Waals surface area contributed by atoms with E-state index >= 15 is 0 Å². The molecule has 0 aromatic heterocycles. The van der Waals surface area contributed by atoms with E-state index in [0.29, 0.717) is 24.7 Å². The fourth-order valence-electron chi connectivity index (χ4n) is 2.88. The van der Waals surface area contributed by atoms with E-state index in [1.807, 2.05) is 30.3 Å². The summed E-state index contributed by atoms with van der Waals surface area (Å²) in [6.45, 7) is 1.52. The van der Waals surface area contributed by atoms with Crippen LogP contribution in [-0.2, 0) is 20.7 Å². The van der Waals surface area contributed by atoms with E-state index in [1.165, 1.54) is 0 Å². The number of nitrogens with zero attached hydrogens (tertiary/aromatic N) is 1. The minimum absolute atomic E-state index is 0.00602. The van der Waals surface area contributed by atoms with Gasteiger partial charge in [-0.15, -0.1) is 0 Å². The van der Waals surface area contributed by atoms with Crippen molar-refractivity contribution in [3.05, 3.63) is 70.7 Å². The molecule has 0 aliphatic carbocycles. The molecule has 0 spiro atoms. The van der Waals surface area contributed by atoms with E-state index in [9.17, 15) is 9.59 Å². The van der Waals surface area contributed by atoms with Gasteiger partial charge in [-0.1, -0.05) is 54.1 Å². The van der Waals surface area contributed by atoms with Crippen LogP contribution in [0, 0.1) is 0 Å². The first kappa shape index (κ1) is 18.4. The van der Waals surface area contributed by atoms with Crippen LogP contribution in [0.15, 0.2) is 54.6 Å². The minimum atomic E-state index is -0.187. The first-order valence-electron chi connectivity index (χ1n) is 8.57. The van der Waals surface area contributed by atoms with Gasteiger partial charge in [-0.25, -0.2) is 0 Å². The first-order valence-corrected chi connectivity index (χ1v) is 8.95. The number of nitrogens with one attached hydrogen (secondary N) is 1. The highest BCUT2D eigenvalue weighted by Crippen LogP contribution is 2.21. The molecule has 6 heteroatoms. The van der Waals surface area contributed by atoms with Gasteiger partial charge in [-0.05, 0) is 23.3 Å². The molecule has 0 radical (unpaired) electrons.